The van der Waals surface area contributed by atoms with Crippen LogP contribution >= 0.6 is 11.8 Å². The number of carbonyl (C=O) groups excluding carboxylic acids is 1. The minimum absolute atomic E-state index is 0.0865. The maximum absolute atomic E-state index is 11.7. The van der Waals surface area contributed by atoms with Gasteiger partial charge >= 0.3 is 0 Å². The average Bonchev–Trinajstić information content (AvgIpc) is 2.76. The summed E-state index contributed by atoms with van der Waals surface area (Å²) < 4.78 is 4.89. The van der Waals surface area contributed by atoms with E-state index in [0.717, 1.165) is 4.90 Å². The van der Waals surface area contributed by atoms with Crippen LogP contribution in [0.15, 0.2) is 33.7 Å². The number of aryl methyl sites for hydroxylation is 3. The molecule has 0 unspecified atom stereocenters. The molecule has 0 bridgehead atoms. The fourth-order valence-corrected chi connectivity index (χ4v) is 2.35. The molecular formula is C14H16N2O2S. The van der Waals surface area contributed by atoms with Crippen molar-refractivity contribution in [2.24, 2.45) is 0 Å². The van der Waals surface area contributed by atoms with Crippen molar-refractivity contribution in [2.75, 3.05) is 11.1 Å². The van der Waals surface area contributed by atoms with Crippen molar-refractivity contribution in [1.29, 1.82) is 0 Å². The molecule has 1 aromatic carbocycles. The smallest absolute Gasteiger partial charge is 0.235 e. The van der Waals surface area contributed by atoms with E-state index in [9.17, 15) is 4.79 Å². The Kier molecular flexibility index (Phi) is 4.27. The number of anilines is 1. The van der Waals surface area contributed by atoms with E-state index in [2.05, 4.69) is 36.5 Å². The molecule has 0 aliphatic rings. The highest BCUT2D eigenvalue weighted by molar-refractivity contribution is 8.00. The lowest BCUT2D eigenvalue weighted by atomic mass is 10.1. The Labute approximate surface area is 116 Å². The number of amides is 1. The molecular weight excluding hydrogens is 260 g/mol. The molecule has 1 heterocycles. The van der Waals surface area contributed by atoms with Gasteiger partial charge in [-0.3, -0.25) is 4.79 Å². The van der Waals surface area contributed by atoms with Crippen LogP contribution in [0.25, 0.3) is 0 Å². The molecule has 2 rings (SSSR count). The molecule has 100 valence electrons. The fourth-order valence-electron chi connectivity index (χ4n) is 1.56. The first-order valence-electron chi connectivity index (χ1n) is 5.98. The van der Waals surface area contributed by atoms with E-state index in [4.69, 9.17) is 4.52 Å². The molecule has 1 amide bonds. The van der Waals surface area contributed by atoms with E-state index < -0.39 is 0 Å². The number of nitrogens with one attached hydrogen (secondary N) is 1. The van der Waals surface area contributed by atoms with Crippen molar-refractivity contribution in [3.8, 4) is 0 Å². The summed E-state index contributed by atoms with van der Waals surface area (Å²) in [7, 11) is 0. The third-order valence-electron chi connectivity index (χ3n) is 2.74. The number of aromatic nitrogens is 1. The largest absolute Gasteiger partial charge is 0.360 e. The topological polar surface area (TPSA) is 55.1 Å². The lowest BCUT2D eigenvalue weighted by molar-refractivity contribution is -0.113. The van der Waals surface area contributed by atoms with Crippen LogP contribution in [-0.2, 0) is 4.79 Å². The molecule has 1 N–H and O–H groups in total. The van der Waals surface area contributed by atoms with Gasteiger partial charge in [0.15, 0.2) is 5.82 Å². The maximum Gasteiger partial charge on any atom is 0.235 e. The van der Waals surface area contributed by atoms with Crippen molar-refractivity contribution in [3.05, 3.63) is 41.2 Å². The van der Waals surface area contributed by atoms with E-state index in [0.29, 0.717) is 17.3 Å². The van der Waals surface area contributed by atoms with Gasteiger partial charge in [0.2, 0.25) is 5.91 Å². The number of nitrogens with zero attached hydrogens (tertiary/aromatic N) is 1. The van der Waals surface area contributed by atoms with Gasteiger partial charge in [0, 0.05) is 11.0 Å². The average molecular weight is 276 g/mol. The highest BCUT2D eigenvalue weighted by Gasteiger charge is 2.07. The van der Waals surface area contributed by atoms with Gasteiger partial charge in [-0.25, -0.2) is 0 Å². The standard InChI is InChI=1S/C14H16N2O2S/c1-9-4-5-12(6-10(9)2)19-8-14(17)15-13-7-11(3)18-16-13/h4-7H,8H2,1-3H3,(H,15,16,17). The SMILES string of the molecule is Cc1cc(NC(=O)CSc2ccc(C)c(C)c2)no1. The third kappa shape index (κ3) is 3.86. The molecule has 0 fully saturated rings. The summed E-state index contributed by atoms with van der Waals surface area (Å²) in [5.41, 5.74) is 2.49. The van der Waals surface area contributed by atoms with Gasteiger partial charge in [0.1, 0.15) is 5.76 Å². The zero-order chi connectivity index (χ0) is 13.8. The van der Waals surface area contributed by atoms with Crippen LogP contribution in [0.4, 0.5) is 5.82 Å². The Hall–Kier alpha value is -1.75. The van der Waals surface area contributed by atoms with E-state index in [1.54, 1.807) is 13.0 Å². The van der Waals surface area contributed by atoms with Gasteiger partial charge in [0.05, 0.1) is 5.75 Å². The summed E-state index contributed by atoms with van der Waals surface area (Å²) in [6, 6.07) is 7.88. The Balaban J connectivity index is 1.88. The Morgan fingerprint density at radius 3 is 2.68 bits per heavy atom. The fraction of sp³-hybridized carbons (Fsp3) is 0.286. The van der Waals surface area contributed by atoms with Crippen molar-refractivity contribution in [3.63, 3.8) is 0 Å². The predicted molar refractivity (Wildman–Crippen MR) is 76.5 cm³/mol. The zero-order valence-electron chi connectivity index (χ0n) is 11.2. The number of hydrogen-bond acceptors (Lipinski definition) is 4. The second-order valence-corrected chi connectivity index (χ2v) is 5.45. The number of benzene rings is 1. The zero-order valence-corrected chi connectivity index (χ0v) is 12.0. The molecule has 0 radical (unpaired) electrons. The first-order chi connectivity index (χ1) is 9.04. The molecule has 1 aromatic heterocycles. The van der Waals surface area contributed by atoms with Crippen LogP contribution in [0.2, 0.25) is 0 Å². The quantitative estimate of drug-likeness (QED) is 0.870. The molecule has 0 spiro atoms. The first kappa shape index (κ1) is 13.7. The molecule has 0 aliphatic heterocycles. The van der Waals surface area contributed by atoms with Gasteiger partial charge in [-0.15, -0.1) is 11.8 Å². The maximum atomic E-state index is 11.7. The van der Waals surface area contributed by atoms with Gasteiger partial charge < -0.3 is 9.84 Å². The third-order valence-corrected chi connectivity index (χ3v) is 3.74. The Morgan fingerprint density at radius 1 is 1.26 bits per heavy atom. The van der Waals surface area contributed by atoms with Crippen LogP contribution in [0, 0.1) is 20.8 Å². The summed E-state index contributed by atoms with van der Waals surface area (Å²) in [4.78, 5) is 12.8. The number of carbonyl (C=O) groups is 1. The van der Waals surface area contributed by atoms with Crippen molar-refractivity contribution >= 4 is 23.5 Å². The van der Waals surface area contributed by atoms with E-state index >= 15 is 0 Å². The monoisotopic (exact) mass is 276 g/mol. The van der Waals surface area contributed by atoms with Crippen molar-refractivity contribution in [2.45, 2.75) is 25.7 Å². The van der Waals surface area contributed by atoms with Crippen LogP contribution in [0.5, 0.6) is 0 Å². The highest BCUT2D eigenvalue weighted by Crippen LogP contribution is 2.21. The van der Waals surface area contributed by atoms with Crippen molar-refractivity contribution < 1.29 is 9.32 Å². The van der Waals surface area contributed by atoms with Crippen LogP contribution in [0.1, 0.15) is 16.9 Å². The Morgan fingerprint density at radius 2 is 2.05 bits per heavy atom. The molecule has 19 heavy (non-hydrogen) atoms. The molecule has 0 saturated heterocycles. The number of rotatable bonds is 4. The number of hydrogen-bond donors (Lipinski definition) is 1. The lowest BCUT2D eigenvalue weighted by Crippen LogP contribution is -2.14. The number of thioether (sulfide) groups is 1. The first-order valence-corrected chi connectivity index (χ1v) is 6.96. The minimum atomic E-state index is -0.0865. The predicted octanol–water partition coefficient (Wildman–Crippen LogP) is 3.33. The van der Waals surface area contributed by atoms with Crippen LogP contribution in [-0.4, -0.2) is 16.8 Å². The molecule has 0 aliphatic carbocycles. The van der Waals surface area contributed by atoms with Crippen LogP contribution < -0.4 is 5.32 Å². The minimum Gasteiger partial charge on any atom is -0.360 e. The molecule has 2 aromatic rings. The summed E-state index contributed by atoms with van der Waals surface area (Å²) in [5.74, 6) is 1.41. The van der Waals surface area contributed by atoms with Crippen molar-refractivity contribution in [1.82, 2.24) is 5.16 Å². The van der Waals surface area contributed by atoms with Gasteiger partial charge in [-0.1, -0.05) is 11.2 Å². The van der Waals surface area contributed by atoms with E-state index in [1.165, 1.54) is 22.9 Å². The molecule has 5 heteroatoms. The van der Waals surface area contributed by atoms with Crippen LogP contribution in [0.3, 0.4) is 0 Å². The summed E-state index contributed by atoms with van der Waals surface area (Å²) >= 11 is 1.51. The lowest BCUT2D eigenvalue weighted by Gasteiger charge is -2.05. The molecule has 0 saturated carbocycles. The normalized spacial score (nSPS) is 10.5. The van der Waals surface area contributed by atoms with E-state index in [-0.39, 0.29) is 5.91 Å². The van der Waals surface area contributed by atoms with Gasteiger partial charge in [-0.2, -0.15) is 0 Å². The highest BCUT2D eigenvalue weighted by atomic mass is 32.2. The summed E-state index contributed by atoms with van der Waals surface area (Å²) in [6.45, 7) is 5.92. The summed E-state index contributed by atoms with van der Waals surface area (Å²) in [5, 5.41) is 6.41. The summed E-state index contributed by atoms with van der Waals surface area (Å²) in [6.07, 6.45) is 0. The Bertz CT molecular complexity index is 593. The van der Waals surface area contributed by atoms with Gasteiger partial charge in [0.25, 0.3) is 0 Å². The molecule has 4 nitrogen and oxygen atoms in total. The second kappa shape index (κ2) is 5.93. The second-order valence-electron chi connectivity index (χ2n) is 4.41. The molecule has 0 atom stereocenters. The van der Waals surface area contributed by atoms with Gasteiger partial charge in [-0.05, 0) is 44.0 Å². The van der Waals surface area contributed by atoms with E-state index in [1.807, 2.05) is 6.07 Å².